The predicted molar refractivity (Wildman–Crippen MR) is 121 cm³/mol. The van der Waals surface area contributed by atoms with Gasteiger partial charge in [0.25, 0.3) is 0 Å². The molecule has 1 aromatic carbocycles. The van der Waals surface area contributed by atoms with Crippen LogP contribution < -0.4 is 10.7 Å². The van der Waals surface area contributed by atoms with Crippen LogP contribution in [0.5, 0.6) is 0 Å². The fourth-order valence-corrected chi connectivity index (χ4v) is 3.26. The van der Waals surface area contributed by atoms with Crippen LogP contribution in [0.15, 0.2) is 59.8 Å². The number of nitrogens with one attached hydrogen (secondary N) is 2. The lowest BCUT2D eigenvalue weighted by Gasteiger charge is -2.22. The molecule has 0 amide bonds. The normalized spacial score (nSPS) is 13.8. The molecule has 5 nitrogen and oxygen atoms in total. The molecule has 0 saturated carbocycles. The maximum atomic E-state index is 12.8. The zero-order chi connectivity index (χ0) is 23.3. The molecule has 0 fully saturated rings. The number of hydrogen-bond acceptors (Lipinski definition) is 5. The van der Waals surface area contributed by atoms with Gasteiger partial charge in [0.15, 0.2) is 0 Å². The Hall–Kier alpha value is -3.26. The molecule has 0 aliphatic carbocycles. The van der Waals surface area contributed by atoms with Gasteiger partial charge >= 0.3 is 6.18 Å². The topological polar surface area (TPSA) is 62.2 Å². The minimum atomic E-state index is -4.45. The summed E-state index contributed by atoms with van der Waals surface area (Å²) in [6.45, 7) is 7.72. The second-order valence-corrected chi connectivity index (χ2v) is 7.62. The number of aromatic nitrogens is 2. The molecule has 2 N–H and O–H groups in total. The van der Waals surface area contributed by atoms with Crippen LogP contribution in [0.1, 0.15) is 55.2 Å². The third kappa shape index (κ3) is 5.91. The van der Waals surface area contributed by atoms with Crippen LogP contribution in [0.2, 0.25) is 0 Å². The van der Waals surface area contributed by atoms with Crippen LogP contribution in [-0.2, 0) is 6.18 Å². The van der Waals surface area contributed by atoms with E-state index in [1.165, 1.54) is 12.3 Å². The summed E-state index contributed by atoms with van der Waals surface area (Å²) in [5.41, 5.74) is 6.61. The van der Waals surface area contributed by atoms with Gasteiger partial charge in [0.05, 0.1) is 5.69 Å². The largest absolute Gasteiger partial charge is 0.433 e. The summed E-state index contributed by atoms with van der Waals surface area (Å²) < 4.78 is 38.3. The van der Waals surface area contributed by atoms with E-state index in [0.29, 0.717) is 11.4 Å². The number of aryl methyl sites for hydroxylation is 1. The van der Waals surface area contributed by atoms with Gasteiger partial charge in [0.1, 0.15) is 11.5 Å². The number of hydrogen-bond donors (Lipinski definition) is 2. The molecule has 2 aromatic heterocycles. The quantitative estimate of drug-likeness (QED) is 0.334. The molecule has 0 saturated heterocycles. The fourth-order valence-electron chi connectivity index (χ4n) is 3.26. The number of rotatable bonds is 7. The molecule has 3 rings (SSSR count). The Morgan fingerprint density at radius 3 is 2.25 bits per heavy atom. The van der Waals surface area contributed by atoms with Crippen LogP contribution >= 0.6 is 0 Å². The van der Waals surface area contributed by atoms with Crippen LogP contribution in [0, 0.1) is 6.92 Å². The van der Waals surface area contributed by atoms with Gasteiger partial charge in [-0.05, 0) is 57.0 Å². The average molecular weight is 442 g/mol. The number of nitrogens with zero attached hydrogens (tertiary/aromatic N) is 3. The lowest BCUT2D eigenvalue weighted by molar-refractivity contribution is -0.141. The molecule has 2 heterocycles. The Bertz CT molecular complexity index is 1060. The van der Waals surface area contributed by atoms with Gasteiger partial charge in [-0.25, -0.2) is 4.98 Å². The van der Waals surface area contributed by atoms with Crippen molar-refractivity contribution in [2.45, 2.75) is 46.0 Å². The van der Waals surface area contributed by atoms with Crippen molar-refractivity contribution in [3.63, 3.8) is 0 Å². The molecule has 2 atom stereocenters. The van der Waals surface area contributed by atoms with E-state index in [4.69, 9.17) is 0 Å². The van der Waals surface area contributed by atoms with Crippen molar-refractivity contribution in [2.24, 2.45) is 5.10 Å². The Kier molecular flexibility index (Phi) is 7.25. The highest BCUT2D eigenvalue weighted by atomic mass is 19.4. The zero-order valence-electron chi connectivity index (χ0n) is 18.4. The summed E-state index contributed by atoms with van der Waals surface area (Å²) in [5, 5.41) is 7.50. The van der Waals surface area contributed by atoms with Crippen molar-refractivity contribution in [2.75, 3.05) is 5.43 Å². The first kappa shape index (κ1) is 23.4. The van der Waals surface area contributed by atoms with Gasteiger partial charge in [0.2, 0.25) is 0 Å². The van der Waals surface area contributed by atoms with Crippen molar-refractivity contribution in [1.29, 1.82) is 0 Å². The Balaban J connectivity index is 1.84. The summed E-state index contributed by atoms with van der Waals surface area (Å²) in [6, 6.07) is 14.1. The minimum Gasteiger partial charge on any atom is -0.304 e. The highest BCUT2D eigenvalue weighted by molar-refractivity contribution is 5.64. The number of benzene rings is 1. The van der Waals surface area contributed by atoms with E-state index in [2.05, 4.69) is 25.8 Å². The molecule has 0 aliphatic rings. The number of alkyl halides is 3. The van der Waals surface area contributed by atoms with Gasteiger partial charge in [-0.1, -0.05) is 35.9 Å². The molecule has 8 heteroatoms. The van der Waals surface area contributed by atoms with Crippen molar-refractivity contribution < 1.29 is 13.2 Å². The maximum absolute atomic E-state index is 12.8. The van der Waals surface area contributed by atoms with E-state index < -0.39 is 11.9 Å². The first-order chi connectivity index (χ1) is 15.2. The van der Waals surface area contributed by atoms with Gasteiger partial charge in [0, 0.05) is 30.1 Å². The van der Waals surface area contributed by atoms with Crippen LogP contribution in [-0.4, -0.2) is 16.2 Å². The molecule has 3 aromatic rings. The number of anilines is 1. The van der Waals surface area contributed by atoms with E-state index >= 15 is 0 Å². The molecular formula is C24H26F3N5. The monoisotopic (exact) mass is 441 g/mol. The van der Waals surface area contributed by atoms with E-state index in [-0.39, 0.29) is 12.1 Å². The Labute approximate surface area is 185 Å². The van der Waals surface area contributed by atoms with Crippen LogP contribution in [0.25, 0.3) is 11.3 Å². The second kappa shape index (κ2) is 9.91. The SMILES string of the molecule is C/C=N\Nc1cc(C(C)N[C@H](C)c2ccc(C(F)(F)F)nc2)cc(-c2ccc(C)cc2)n1. The summed E-state index contributed by atoms with van der Waals surface area (Å²) in [6.07, 6.45) is -1.54. The van der Waals surface area contributed by atoms with E-state index in [1.807, 2.05) is 64.1 Å². The summed E-state index contributed by atoms with van der Waals surface area (Å²) in [4.78, 5) is 8.21. The maximum Gasteiger partial charge on any atom is 0.433 e. The predicted octanol–water partition coefficient (Wildman–Crippen LogP) is 6.30. The van der Waals surface area contributed by atoms with Gasteiger partial charge in [-0.15, -0.1) is 0 Å². The number of pyridine rings is 2. The molecule has 32 heavy (non-hydrogen) atoms. The van der Waals surface area contributed by atoms with Crippen molar-refractivity contribution >= 4 is 12.0 Å². The van der Waals surface area contributed by atoms with Gasteiger partial charge in [-0.3, -0.25) is 10.4 Å². The molecular weight excluding hydrogens is 415 g/mol. The van der Waals surface area contributed by atoms with Crippen LogP contribution in [0.3, 0.4) is 0 Å². The number of hydrazone groups is 1. The first-order valence-electron chi connectivity index (χ1n) is 10.3. The molecule has 1 unspecified atom stereocenters. The Morgan fingerprint density at radius 2 is 1.66 bits per heavy atom. The average Bonchev–Trinajstić information content (AvgIpc) is 2.77. The summed E-state index contributed by atoms with van der Waals surface area (Å²) >= 11 is 0. The van der Waals surface area contributed by atoms with Crippen molar-refractivity contribution in [3.05, 3.63) is 77.1 Å². The van der Waals surface area contributed by atoms with Gasteiger partial charge in [-0.2, -0.15) is 18.3 Å². The molecule has 0 bridgehead atoms. The van der Waals surface area contributed by atoms with Crippen LogP contribution in [0.4, 0.5) is 19.0 Å². The van der Waals surface area contributed by atoms with Gasteiger partial charge < -0.3 is 5.32 Å². The van der Waals surface area contributed by atoms with E-state index in [1.54, 1.807) is 6.21 Å². The first-order valence-corrected chi connectivity index (χ1v) is 10.3. The molecule has 0 aliphatic heterocycles. The second-order valence-electron chi connectivity index (χ2n) is 7.62. The fraction of sp³-hybridized carbons (Fsp3) is 0.292. The molecule has 168 valence electrons. The molecule has 0 radical (unpaired) electrons. The molecule has 0 spiro atoms. The van der Waals surface area contributed by atoms with E-state index in [9.17, 15) is 13.2 Å². The summed E-state index contributed by atoms with van der Waals surface area (Å²) in [5.74, 6) is 0.605. The lowest BCUT2D eigenvalue weighted by atomic mass is 10.0. The summed E-state index contributed by atoms with van der Waals surface area (Å²) in [7, 11) is 0. The highest BCUT2D eigenvalue weighted by Crippen LogP contribution is 2.29. The smallest absolute Gasteiger partial charge is 0.304 e. The highest BCUT2D eigenvalue weighted by Gasteiger charge is 2.32. The van der Waals surface area contributed by atoms with Crippen molar-refractivity contribution in [1.82, 2.24) is 15.3 Å². The number of halogens is 3. The standard InChI is InChI=1S/C24H26F3N5/c1-5-29-32-23-13-20(12-21(31-23)18-8-6-15(2)7-9-18)17(4)30-16(3)19-10-11-22(28-14-19)24(25,26)27/h5-14,16-17,30H,1-4H3,(H,31,32)/b29-5-/t16-,17?/m1/s1. The Morgan fingerprint density at radius 1 is 0.969 bits per heavy atom. The van der Waals surface area contributed by atoms with Crippen molar-refractivity contribution in [3.8, 4) is 11.3 Å². The zero-order valence-corrected chi connectivity index (χ0v) is 18.4. The van der Waals surface area contributed by atoms with E-state index in [0.717, 1.165) is 28.5 Å². The lowest BCUT2D eigenvalue weighted by Crippen LogP contribution is -2.23. The third-order valence-corrected chi connectivity index (χ3v) is 5.08. The third-order valence-electron chi connectivity index (χ3n) is 5.08. The minimum absolute atomic E-state index is 0.106.